The van der Waals surface area contributed by atoms with Crippen LogP contribution >= 0.6 is 22.7 Å². The molecule has 0 fully saturated rings. The maximum atomic E-state index is 11.2. The van der Waals surface area contributed by atoms with Gasteiger partial charge in [-0.15, -0.1) is 22.7 Å². The molecule has 0 atom stereocenters. The lowest BCUT2D eigenvalue weighted by Crippen LogP contribution is -2.06. The first-order valence-electron chi connectivity index (χ1n) is 4.39. The van der Waals surface area contributed by atoms with E-state index in [-0.39, 0.29) is 13.2 Å². The maximum absolute atomic E-state index is 11.2. The van der Waals surface area contributed by atoms with Gasteiger partial charge in [0.05, 0.1) is 20.8 Å². The first kappa shape index (κ1) is 11.0. The second kappa shape index (κ2) is 5.57. The molecule has 0 amide bonds. The summed E-state index contributed by atoms with van der Waals surface area (Å²) >= 11 is 2.86. The molecule has 2 aromatic rings. The van der Waals surface area contributed by atoms with Crippen molar-refractivity contribution in [1.82, 2.24) is 9.97 Å². The summed E-state index contributed by atoms with van der Waals surface area (Å²) in [6.07, 6.45) is 2.63. The highest BCUT2D eigenvalue weighted by atomic mass is 32.1. The molecule has 0 spiro atoms. The van der Waals surface area contributed by atoms with Crippen molar-refractivity contribution in [2.75, 3.05) is 0 Å². The second-order valence-electron chi connectivity index (χ2n) is 2.76. The van der Waals surface area contributed by atoms with Crippen LogP contribution in [-0.2, 0) is 22.7 Å². The van der Waals surface area contributed by atoms with E-state index in [4.69, 9.17) is 9.47 Å². The normalized spacial score (nSPS) is 10.0. The van der Waals surface area contributed by atoms with Crippen LogP contribution in [0.1, 0.15) is 9.75 Å². The van der Waals surface area contributed by atoms with Gasteiger partial charge in [0.15, 0.2) is 0 Å². The van der Waals surface area contributed by atoms with Gasteiger partial charge in [-0.3, -0.25) is 9.97 Å². The van der Waals surface area contributed by atoms with E-state index in [1.165, 1.54) is 22.7 Å². The number of carbonyl (C=O) groups is 1. The molecule has 0 aromatic carbocycles. The van der Waals surface area contributed by atoms with E-state index in [9.17, 15) is 4.79 Å². The molecule has 0 radical (unpaired) electrons. The maximum Gasteiger partial charge on any atom is 0.508 e. The van der Waals surface area contributed by atoms with Gasteiger partial charge in [0, 0.05) is 12.4 Å². The average Bonchev–Trinajstić information content (AvgIpc) is 2.96. The lowest BCUT2D eigenvalue weighted by Gasteiger charge is -2.03. The number of rotatable bonds is 4. The van der Waals surface area contributed by atoms with Gasteiger partial charge in [-0.05, 0) is 0 Å². The molecule has 2 aromatic heterocycles. The van der Waals surface area contributed by atoms with Gasteiger partial charge < -0.3 is 9.47 Å². The summed E-state index contributed by atoms with van der Waals surface area (Å²) in [5, 5.41) is 0. The number of ether oxygens (including phenoxy) is 2. The largest absolute Gasteiger partial charge is 0.508 e. The van der Waals surface area contributed by atoms with Gasteiger partial charge in [-0.1, -0.05) is 0 Å². The fourth-order valence-electron chi connectivity index (χ4n) is 0.929. The monoisotopic (exact) mass is 256 g/mol. The predicted molar refractivity (Wildman–Crippen MR) is 59.2 cm³/mol. The predicted octanol–water partition coefficient (Wildman–Crippen LogP) is 2.45. The Bertz CT molecular complexity index is 387. The standard InChI is InChI=1S/C9H8N2O3S2/c12-9(13-3-7-1-10-5-15-7)14-4-8-2-11-6-16-8/h1-2,5-6H,3-4H2. The number of carbonyl (C=O) groups excluding carboxylic acids is 1. The van der Waals surface area contributed by atoms with E-state index < -0.39 is 6.16 Å². The molecular formula is C9H8N2O3S2. The van der Waals surface area contributed by atoms with E-state index in [1.54, 1.807) is 23.4 Å². The third-order valence-electron chi connectivity index (χ3n) is 1.63. The molecule has 0 unspecified atom stereocenters. The molecule has 0 aliphatic carbocycles. The van der Waals surface area contributed by atoms with E-state index in [1.807, 2.05) is 0 Å². The molecular weight excluding hydrogens is 248 g/mol. The van der Waals surface area contributed by atoms with Gasteiger partial charge in [0.1, 0.15) is 13.2 Å². The van der Waals surface area contributed by atoms with E-state index in [0.717, 1.165) is 9.75 Å². The van der Waals surface area contributed by atoms with Crippen molar-refractivity contribution in [1.29, 1.82) is 0 Å². The Kier molecular flexibility index (Phi) is 3.84. The van der Waals surface area contributed by atoms with Gasteiger partial charge in [0.25, 0.3) is 0 Å². The molecule has 16 heavy (non-hydrogen) atoms. The van der Waals surface area contributed by atoms with Crippen molar-refractivity contribution in [2.45, 2.75) is 13.2 Å². The van der Waals surface area contributed by atoms with Crippen molar-refractivity contribution in [2.24, 2.45) is 0 Å². The summed E-state index contributed by atoms with van der Waals surface area (Å²) in [6.45, 7) is 0.401. The number of nitrogens with zero attached hydrogens (tertiary/aromatic N) is 2. The Morgan fingerprint density at radius 2 is 1.56 bits per heavy atom. The summed E-state index contributed by atoms with van der Waals surface area (Å²) in [4.78, 5) is 20.7. The Hall–Kier alpha value is -1.47. The zero-order chi connectivity index (χ0) is 11.2. The lowest BCUT2D eigenvalue weighted by molar-refractivity contribution is 0.0459. The van der Waals surface area contributed by atoms with Crippen LogP contribution in [0.2, 0.25) is 0 Å². The zero-order valence-corrected chi connectivity index (χ0v) is 9.79. The Balaban J connectivity index is 1.69. The second-order valence-corrected chi connectivity index (χ2v) is 4.70. The smallest absolute Gasteiger partial charge is 0.428 e. The SMILES string of the molecule is O=C(OCc1cncs1)OCc1cncs1. The van der Waals surface area contributed by atoms with Crippen molar-refractivity contribution in [3.8, 4) is 0 Å². The molecule has 0 aliphatic heterocycles. The fraction of sp³-hybridized carbons (Fsp3) is 0.222. The molecule has 0 saturated carbocycles. The van der Waals surface area contributed by atoms with E-state index in [0.29, 0.717) is 0 Å². The quantitative estimate of drug-likeness (QED) is 0.786. The Labute approximate surface area is 99.7 Å². The van der Waals surface area contributed by atoms with E-state index >= 15 is 0 Å². The first-order valence-corrected chi connectivity index (χ1v) is 6.15. The molecule has 84 valence electrons. The molecule has 5 nitrogen and oxygen atoms in total. The molecule has 2 rings (SSSR count). The zero-order valence-electron chi connectivity index (χ0n) is 8.16. The summed E-state index contributed by atoms with van der Waals surface area (Å²) in [5.74, 6) is 0. The van der Waals surface area contributed by atoms with E-state index in [2.05, 4.69) is 9.97 Å². The summed E-state index contributed by atoms with van der Waals surface area (Å²) in [5.41, 5.74) is 3.36. The molecule has 7 heteroatoms. The number of aromatic nitrogens is 2. The molecule has 0 saturated heterocycles. The Morgan fingerprint density at radius 1 is 1.06 bits per heavy atom. The summed E-state index contributed by atoms with van der Waals surface area (Å²) in [7, 11) is 0. The number of hydrogen-bond acceptors (Lipinski definition) is 7. The first-order chi connectivity index (χ1) is 7.84. The van der Waals surface area contributed by atoms with Crippen LogP contribution in [0.25, 0.3) is 0 Å². The van der Waals surface area contributed by atoms with Crippen LogP contribution in [0.5, 0.6) is 0 Å². The van der Waals surface area contributed by atoms with Crippen LogP contribution < -0.4 is 0 Å². The van der Waals surface area contributed by atoms with Crippen molar-refractivity contribution >= 4 is 28.8 Å². The molecule has 0 bridgehead atoms. The number of thiazole rings is 2. The van der Waals surface area contributed by atoms with Crippen LogP contribution in [0.4, 0.5) is 4.79 Å². The molecule has 0 N–H and O–H groups in total. The summed E-state index contributed by atoms with van der Waals surface area (Å²) < 4.78 is 9.76. The fourth-order valence-corrected chi connectivity index (χ4v) is 1.94. The topological polar surface area (TPSA) is 61.3 Å². The highest BCUT2D eigenvalue weighted by molar-refractivity contribution is 7.09. The third kappa shape index (κ3) is 3.28. The van der Waals surface area contributed by atoms with Gasteiger partial charge >= 0.3 is 6.16 Å². The Morgan fingerprint density at radius 3 is 1.94 bits per heavy atom. The number of hydrogen-bond donors (Lipinski definition) is 0. The van der Waals surface area contributed by atoms with Gasteiger partial charge in [-0.2, -0.15) is 0 Å². The highest BCUT2D eigenvalue weighted by Gasteiger charge is 2.06. The minimum absolute atomic E-state index is 0.201. The minimum Gasteiger partial charge on any atom is -0.428 e. The molecule has 2 heterocycles. The van der Waals surface area contributed by atoms with Crippen LogP contribution in [-0.4, -0.2) is 16.1 Å². The average molecular weight is 256 g/mol. The van der Waals surface area contributed by atoms with Gasteiger partial charge in [-0.25, -0.2) is 4.79 Å². The van der Waals surface area contributed by atoms with Crippen molar-refractivity contribution in [3.05, 3.63) is 33.2 Å². The van der Waals surface area contributed by atoms with Crippen LogP contribution in [0.15, 0.2) is 23.4 Å². The lowest BCUT2D eigenvalue weighted by atomic mass is 10.6. The summed E-state index contributed by atoms with van der Waals surface area (Å²) in [6, 6.07) is 0. The third-order valence-corrected chi connectivity index (χ3v) is 3.14. The van der Waals surface area contributed by atoms with Gasteiger partial charge in [0.2, 0.25) is 0 Å². The highest BCUT2D eigenvalue weighted by Crippen LogP contribution is 2.09. The molecule has 0 aliphatic rings. The van der Waals surface area contributed by atoms with Crippen molar-refractivity contribution < 1.29 is 14.3 Å². The van der Waals surface area contributed by atoms with Crippen molar-refractivity contribution in [3.63, 3.8) is 0 Å². The minimum atomic E-state index is -0.679. The van der Waals surface area contributed by atoms with Crippen LogP contribution in [0, 0.1) is 0 Å². The van der Waals surface area contributed by atoms with Crippen LogP contribution in [0.3, 0.4) is 0 Å².